The molecule has 0 atom stereocenters. The fourth-order valence-electron chi connectivity index (χ4n) is 3.45. The predicted molar refractivity (Wildman–Crippen MR) is 100 cm³/mol. The SMILES string of the molecule is CCCn1nc2c(cc1=O)CN(Cc1ccc(-n3ccnc3)cc1)CC2. The number of rotatable bonds is 5. The van der Waals surface area contributed by atoms with Crippen LogP contribution in [0.3, 0.4) is 0 Å². The summed E-state index contributed by atoms with van der Waals surface area (Å²) >= 11 is 0. The minimum atomic E-state index is 0.0112. The number of aromatic nitrogens is 4. The maximum atomic E-state index is 12.2. The van der Waals surface area contributed by atoms with Crippen molar-refractivity contribution < 1.29 is 0 Å². The van der Waals surface area contributed by atoms with Crippen molar-refractivity contribution in [3.8, 4) is 5.69 Å². The van der Waals surface area contributed by atoms with Crippen LogP contribution in [0.2, 0.25) is 0 Å². The molecule has 1 aliphatic rings. The average molecular weight is 349 g/mol. The van der Waals surface area contributed by atoms with Crippen molar-refractivity contribution in [3.05, 3.63) is 76.2 Å². The lowest BCUT2D eigenvalue weighted by atomic mass is 10.1. The molecule has 4 rings (SSSR count). The van der Waals surface area contributed by atoms with Gasteiger partial charge in [0.05, 0.1) is 12.0 Å². The van der Waals surface area contributed by atoms with Crippen LogP contribution in [-0.4, -0.2) is 30.8 Å². The first-order valence-electron chi connectivity index (χ1n) is 9.12. The second kappa shape index (κ2) is 7.25. The number of benzene rings is 1. The number of hydrogen-bond acceptors (Lipinski definition) is 4. The first kappa shape index (κ1) is 16.7. The molecule has 3 aromatic rings. The van der Waals surface area contributed by atoms with E-state index in [-0.39, 0.29) is 5.56 Å². The predicted octanol–water partition coefficient (Wildman–Crippen LogP) is 2.40. The Morgan fingerprint density at radius 2 is 2.04 bits per heavy atom. The molecule has 0 unspecified atom stereocenters. The third kappa shape index (κ3) is 3.46. The van der Waals surface area contributed by atoms with E-state index in [1.165, 1.54) is 5.56 Å². The van der Waals surface area contributed by atoms with Crippen molar-refractivity contribution in [3.63, 3.8) is 0 Å². The van der Waals surface area contributed by atoms with E-state index in [0.717, 1.165) is 49.4 Å². The number of fused-ring (bicyclic) bond motifs is 1. The Bertz CT molecular complexity index is 928. The minimum absolute atomic E-state index is 0.0112. The van der Waals surface area contributed by atoms with Gasteiger partial charge in [0.15, 0.2) is 0 Å². The quantitative estimate of drug-likeness (QED) is 0.710. The third-order valence-corrected chi connectivity index (χ3v) is 4.80. The molecule has 0 saturated heterocycles. The summed E-state index contributed by atoms with van der Waals surface area (Å²) in [6.45, 7) is 5.38. The van der Waals surface area contributed by atoms with Crippen LogP contribution < -0.4 is 5.56 Å². The Balaban J connectivity index is 1.46. The molecule has 134 valence electrons. The monoisotopic (exact) mass is 349 g/mol. The van der Waals surface area contributed by atoms with E-state index in [2.05, 4.69) is 46.2 Å². The molecule has 6 nitrogen and oxygen atoms in total. The fourth-order valence-corrected chi connectivity index (χ4v) is 3.45. The highest BCUT2D eigenvalue weighted by molar-refractivity contribution is 5.34. The zero-order valence-electron chi connectivity index (χ0n) is 15.0. The smallest absolute Gasteiger partial charge is 0.267 e. The summed E-state index contributed by atoms with van der Waals surface area (Å²) in [5, 5.41) is 4.55. The van der Waals surface area contributed by atoms with Gasteiger partial charge in [-0.1, -0.05) is 19.1 Å². The number of aryl methyl sites for hydroxylation is 1. The van der Waals surface area contributed by atoms with E-state index in [0.29, 0.717) is 6.54 Å². The van der Waals surface area contributed by atoms with E-state index in [1.54, 1.807) is 23.3 Å². The summed E-state index contributed by atoms with van der Waals surface area (Å²) in [7, 11) is 0. The second-order valence-corrected chi connectivity index (χ2v) is 6.77. The van der Waals surface area contributed by atoms with Crippen LogP contribution in [0.1, 0.15) is 30.2 Å². The molecule has 0 aliphatic carbocycles. The summed E-state index contributed by atoms with van der Waals surface area (Å²) in [5.74, 6) is 0. The third-order valence-electron chi connectivity index (χ3n) is 4.80. The molecule has 0 bridgehead atoms. The highest BCUT2D eigenvalue weighted by atomic mass is 16.1. The lowest BCUT2D eigenvalue weighted by molar-refractivity contribution is 0.241. The lowest BCUT2D eigenvalue weighted by Crippen LogP contribution is -2.34. The van der Waals surface area contributed by atoms with Crippen LogP contribution in [0.4, 0.5) is 0 Å². The molecule has 0 saturated carbocycles. The molecular formula is C20H23N5O. The maximum absolute atomic E-state index is 12.2. The van der Waals surface area contributed by atoms with E-state index >= 15 is 0 Å². The fraction of sp³-hybridized carbons (Fsp3) is 0.350. The molecule has 2 aromatic heterocycles. The Hall–Kier alpha value is -2.73. The van der Waals surface area contributed by atoms with Crippen molar-refractivity contribution in [1.29, 1.82) is 0 Å². The van der Waals surface area contributed by atoms with Gasteiger partial charge in [-0.15, -0.1) is 0 Å². The summed E-state index contributed by atoms with van der Waals surface area (Å²) in [6.07, 6.45) is 7.34. The lowest BCUT2D eigenvalue weighted by Gasteiger charge is -2.28. The van der Waals surface area contributed by atoms with Crippen LogP contribution in [0.25, 0.3) is 5.69 Å². The van der Waals surface area contributed by atoms with Gasteiger partial charge in [-0.25, -0.2) is 9.67 Å². The molecule has 0 amide bonds. The summed E-state index contributed by atoms with van der Waals surface area (Å²) < 4.78 is 3.59. The van der Waals surface area contributed by atoms with Gasteiger partial charge in [0.25, 0.3) is 5.56 Å². The van der Waals surface area contributed by atoms with Gasteiger partial charge in [-0.3, -0.25) is 9.69 Å². The zero-order valence-corrected chi connectivity index (χ0v) is 15.0. The van der Waals surface area contributed by atoms with Crippen LogP contribution in [-0.2, 0) is 26.1 Å². The van der Waals surface area contributed by atoms with Crippen LogP contribution in [0.5, 0.6) is 0 Å². The van der Waals surface area contributed by atoms with Gasteiger partial charge in [0, 0.05) is 56.7 Å². The Kier molecular flexibility index (Phi) is 4.67. The van der Waals surface area contributed by atoms with Crippen molar-refractivity contribution in [2.75, 3.05) is 6.54 Å². The van der Waals surface area contributed by atoms with E-state index in [1.807, 2.05) is 10.8 Å². The van der Waals surface area contributed by atoms with Crippen molar-refractivity contribution in [2.45, 2.75) is 39.4 Å². The number of imidazole rings is 1. The molecule has 0 spiro atoms. The molecule has 0 N–H and O–H groups in total. The first-order valence-corrected chi connectivity index (χ1v) is 9.12. The largest absolute Gasteiger partial charge is 0.306 e. The van der Waals surface area contributed by atoms with Gasteiger partial charge < -0.3 is 4.57 Å². The first-order chi connectivity index (χ1) is 12.7. The summed E-state index contributed by atoms with van der Waals surface area (Å²) in [4.78, 5) is 18.6. The summed E-state index contributed by atoms with van der Waals surface area (Å²) in [5.41, 5.74) is 4.53. The van der Waals surface area contributed by atoms with E-state index < -0.39 is 0 Å². The standard InChI is InChI=1S/C20H23N5O/c1-2-9-25-20(26)12-17-14-23(10-7-19(17)22-25)13-16-3-5-18(6-4-16)24-11-8-21-15-24/h3-6,8,11-12,15H,2,7,9-10,13-14H2,1H3. The molecule has 6 heteroatoms. The van der Waals surface area contributed by atoms with Crippen molar-refractivity contribution in [1.82, 2.24) is 24.2 Å². The second-order valence-electron chi connectivity index (χ2n) is 6.77. The average Bonchev–Trinajstić information content (AvgIpc) is 3.18. The highest BCUT2D eigenvalue weighted by Crippen LogP contribution is 2.18. The van der Waals surface area contributed by atoms with Gasteiger partial charge in [0.1, 0.15) is 0 Å². The Labute approximate surface area is 152 Å². The topological polar surface area (TPSA) is 56.0 Å². The van der Waals surface area contributed by atoms with Gasteiger partial charge in [0.2, 0.25) is 0 Å². The normalized spacial score (nSPS) is 14.3. The van der Waals surface area contributed by atoms with Crippen LogP contribution >= 0.6 is 0 Å². The summed E-state index contributed by atoms with van der Waals surface area (Å²) in [6, 6.07) is 10.3. The van der Waals surface area contributed by atoms with Crippen LogP contribution in [0, 0.1) is 0 Å². The van der Waals surface area contributed by atoms with Gasteiger partial charge in [-0.05, 0) is 29.7 Å². The zero-order chi connectivity index (χ0) is 17.9. The van der Waals surface area contributed by atoms with E-state index in [4.69, 9.17) is 0 Å². The minimum Gasteiger partial charge on any atom is -0.306 e. The maximum Gasteiger partial charge on any atom is 0.267 e. The number of hydrogen-bond donors (Lipinski definition) is 0. The molecule has 26 heavy (non-hydrogen) atoms. The van der Waals surface area contributed by atoms with Gasteiger partial charge >= 0.3 is 0 Å². The van der Waals surface area contributed by atoms with E-state index in [9.17, 15) is 4.79 Å². The molecule has 0 radical (unpaired) electrons. The van der Waals surface area contributed by atoms with Crippen molar-refractivity contribution in [2.24, 2.45) is 0 Å². The Morgan fingerprint density at radius 1 is 1.19 bits per heavy atom. The molecule has 1 aliphatic heterocycles. The van der Waals surface area contributed by atoms with Crippen molar-refractivity contribution >= 4 is 0 Å². The van der Waals surface area contributed by atoms with Crippen LogP contribution in [0.15, 0.2) is 53.8 Å². The molecular weight excluding hydrogens is 326 g/mol. The molecule has 3 heterocycles. The highest BCUT2D eigenvalue weighted by Gasteiger charge is 2.19. The van der Waals surface area contributed by atoms with Gasteiger partial charge in [-0.2, -0.15) is 5.10 Å². The number of nitrogens with zero attached hydrogens (tertiary/aromatic N) is 5. The molecule has 0 fully saturated rings. The molecule has 1 aromatic carbocycles. The Morgan fingerprint density at radius 3 is 2.77 bits per heavy atom.